The largest absolute Gasteiger partial charge is 0.480 e. The molecule has 0 unspecified atom stereocenters. The van der Waals surface area contributed by atoms with Crippen molar-refractivity contribution in [2.24, 2.45) is 0 Å². The number of carbonyl (C=O) groups is 4. The van der Waals surface area contributed by atoms with Crippen LogP contribution < -0.4 is 10.6 Å². The molecule has 0 spiro atoms. The summed E-state index contributed by atoms with van der Waals surface area (Å²) < 4.78 is 0. The van der Waals surface area contributed by atoms with Gasteiger partial charge in [0.25, 0.3) is 0 Å². The van der Waals surface area contributed by atoms with E-state index in [2.05, 4.69) is 10.6 Å². The normalized spacial score (nSPS) is 12.2. The van der Waals surface area contributed by atoms with Crippen molar-refractivity contribution in [1.29, 1.82) is 0 Å². The third-order valence-electron chi connectivity index (χ3n) is 3.94. The van der Waals surface area contributed by atoms with E-state index in [0.717, 1.165) is 0 Å². The fourth-order valence-corrected chi connectivity index (χ4v) is 2.86. The minimum absolute atomic E-state index is 0.0327. The number of ketones is 2. The van der Waals surface area contributed by atoms with Gasteiger partial charge in [0, 0.05) is 22.5 Å². The standard InChI is InChI=1S/C18H14N2O6/c21-13(22)7-19-11-5-6-12(20-8-14(23)24)16-15(11)17(25)9-3-1-2-4-10(9)18(16)26/h1-6,19-20H,7-8H2,(H,21,22)(H,23,24). The molecule has 0 bridgehead atoms. The zero-order chi connectivity index (χ0) is 18.8. The van der Waals surface area contributed by atoms with E-state index in [0.29, 0.717) is 0 Å². The van der Waals surface area contributed by atoms with Gasteiger partial charge in [-0.25, -0.2) is 0 Å². The predicted octanol–water partition coefficient (Wildman–Crippen LogP) is 1.46. The highest BCUT2D eigenvalue weighted by Crippen LogP contribution is 2.36. The first-order valence-corrected chi connectivity index (χ1v) is 7.67. The van der Waals surface area contributed by atoms with Crippen molar-refractivity contribution in [1.82, 2.24) is 0 Å². The van der Waals surface area contributed by atoms with Crippen LogP contribution in [0.25, 0.3) is 0 Å². The minimum atomic E-state index is -1.12. The summed E-state index contributed by atoms with van der Waals surface area (Å²) in [4.78, 5) is 47.5. The molecule has 0 aromatic heterocycles. The Morgan fingerprint density at radius 2 is 1.12 bits per heavy atom. The highest BCUT2D eigenvalue weighted by molar-refractivity contribution is 6.32. The van der Waals surface area contributed by atoms with E-state index >= 15 is 0 Å². The zero-order valence-electron chi connectivity index (χ0n) is 13.4. The molecule has 8 nitrogen and oxygen atoms in total. The molecule has 0 radical (unpaired) electrons. The predicted molar refractivity (Wildman–Crippen MR) is 92.0 cm³/mol. The number of nitrogens with one attached hydrogen (secondary N) is 2. The Labute approximate surface area is 147 Å². The molecule has 26 heavy (non-hydrogen) atoms. The van der Waals surface area contributed by atoms with Gasteiger partial charge in [0.05, 0.1) is 11.1 Å². The molecule has 4 N–H and O–H groups in total. The number of aliphatic carboxylic acids is 2. The van der Waals surface area contributed by atoms with Gasteiger partial charge in [-0.05, 0) is 12.1 Å². The van der Waals surface area contributed by atoms with Crippen LogP contribution in [-0.4, -0.2) is 46.8 Å². The molecular weight excluding hydrogens is 340 g/mol. The van der Waals surface area contributed by atoms with Gasteiger partial charge in [0.15, 0.2) is 11.6 Å². The number of carboxylic acids is 2. The Bertz CT molecular complexity index is 875. The number of hydrogen-bond donors (Lipinski definition) is 4. The van der Waals surface area contributed by atoms with E-state index < -0.39 is 36.6 Å². The summed E-state index contributed by atoms with van der Waals surface area (Å²) in [5, 5.41) is 23.0. The Morgan fingerprint density at radius 3 is 1.46 bits per heavy atom. The van der Waals surface area contributed by atoms with Crippen LogP contribution in [0, 0.1) is 0 Å². The Balaban J connectivity index is 2.16. The van der Waals surface area contributed by atoms with Gasteiger partial charge in [-0.3, -0.25) is 19.2 Å². The van der Waals surface area contributed by atoms with Crippen molar-refractivity contribution >= 4 is 34.9 Å². The quantitative estimate of drug-likeness (QED) is 0.523. The van der Waals surface area contributed by atoms with Crippen LogP contribution >= 0.6 is 0 Å². The monoisotopic (exact) mass is 354 g/mol. The molecule has 0 fully saturated rings. The first-order chi connectivity index (χ1) is 12.4. The molecule has 0 saturated carbocycles. The molecule has 2 aromatic rings. The van der Waals surface area contributed by atoms with Crippen molar-refractivity contribution in [3.8, 4) is 0 Å². The topological polar surface area (TPSA) is 133 Å². The second-order valence-electron chi connectivity index (χ2n) is 5.61. The summed E-state index contributed by atoms with van der Waals surface area (Å²) in [6.45, 7) is -0.866. The van der Waals surface area contributed by atoms with Crippen molar-refractivity contribution in [3.63, 3.8) is 0 Å². The first-order valence-electron chi connectivity index (χ1n) is 7.67. The van der Waals surface area contributed by atoms with Crippen LogP contribution in [0.4, 0.5) is 11.4 Å². The first kappa shape index (κ1) is 17.2. The Hall–Kier alpha value is -3.68. The lowest BCUT2D eigenvalue weighted by Crippen LogP contribution is -2.26. The third-order valence-corrected chi connectivity index (χ3v) is 3.94. The molecule has 2 aromatic carbocycles. The minimum Gasteiger partial charge on any atom is -0.480 e. The maximum absolute atomic E-state index is 12.9. The second-order valence-corrected chi connectivity index (χ2v) is 5.61. The molecule has 0 amide bonds. The number of carboxylic acid groups (broad SMARTS) is 2. The summed E-state index contributed by atoms with van der Waals surface area (Å²) in [6, 6.07) is 9.21. The van der Waals surface area contributed by atoms with Gasteiger partial charge >= 0.3 is 11.9 Å². The maximum atomic E-state index is 12.9. The smallest absolute Gasteiger partial charge is 0.322 e. The summed E-state index contributed by atoms with van der Waals surface area (Å²) in [5.74, 6) is -3.10. The number of benzene rings is 2. The van der Waals surface area contributed by atoms with Gasteiger partial charge in [-0.1, -0.05) is 24.3 Å². The fourth-order valence-electron chi connectivity index (χ4n) is 2.86. The van der Waals surface area contributed by atoms with Crippen molar-refractivity contribution in [3.05, 3.63) is 58.7 Å². The number of anilines is 2. The third kappa shape index (κ3) is 3.00. The average molecular weight is 354 g/mol. The van der Waals surface area contributed by atoms with Crippen LogP contribution in [0.15, 0.2) is 36.4 Å². The van der Waals surface area contributed by atoms with Crippen LogP contribution in [0.1, 0.15) is 31.8 Å². The van der Waals surface area contributed by atoms with E-state index in [1.807, 2.05) is 0 Å². The van der Waals surface area contributed by atoms with E-state index in [1.54, 1.807) is 12.1 Å². The number of hydrogen-bond acceptors (Lipinski definition) is 6. The molecule has 0 aliphatic heterocycles. The highest BCUT2D eigenvalue weighted by atomic mass is 16.4. The van der Waals surface area contributed by atoms with Gasteiger partial charge in [0.2, 0.25) is 0 Å². The molecule has 132 valence electrons. The summed E-state index contributed by atoms with van der Waals surface area (Å²) in [5.41, 5.74) is 0.917. The van der Waals surface area contributed by atoms with E-state index in [9.17, 15) is 19.2 Å². The average Bonchev–Trinajstić information content (AvgIpc) is 2.62. The van der Waals surface area contributed by atoms with Crippen molar-refractivity contribution in [2.45, 2.75) is 0 Å². The Morgan fingerprint density at radius 1 is 0.731 bits per heavy atom. The summed E-state index contributed by atoms with van der Waals surface area (Å²) in [6.07, 6.45) is 0. The fraction of sp³-hybridized carbons (Fsp3) is 0.111. The SMILES string of the molecule is O=C(O)CNc1ccc(NCC(=O)O)c2c1C(=O)c1ccccc1C2=O. The van der Waals surface area contributed by atoms with Crippen LogP contribution in [0.3, 0.4) is 0 Å². The Kier molecular flexibility index (Phi) is 4.40. The molecule has 0 atom stereocenters. The molecule has 0 saturated heterocycles. The van der Waals surface area contributed by atoms with Crippen LogP contribution in [-0.2, 0) is 9.59 Å². The van der Waals surface area contributed by atoms with E-state index in [-0.39, 0.29) is 33.6 Å². The summed E-state index contributed by atoms with van der Waals surface area (Å²) >= 11 is 0. The molecule has 1 aliphatic rings. The summed E-state index contributed by atoms with van der Waals surface area (Å²) in [7, 11) is 0. The number of fused-ring (bicyclic) bond motifs is 2. The number of rotatable bonds is 6. The van der Waals surface area contributed by atoms with Gasteiger partial charge in [-0.2, -0.15) is 0 Å². The molecule has 3 rings (SSSR count). The molecule has 1 aliphatic carbocycles. The number of carbonyl (C=O) groups excluding carboxylic acids is 2. The highest BCUT2D eigenvalue weighted by Gasteiger charge is 2.33. The lowest BCUT2D eigenvalue weighted by molar-refractivity contribution is -0.135. The van der Waals surface area contributed by atoms with Crippen LogP contribution in [0.2, 0.25) is 0 Å². The van der Waals surface area contributed by atoms with Gasteiger partial charge < -0.3 is 20.8 Å². The molecular formula is C18H14N2O6. The lowest BCUT2D eigenvalue weighted by atomic mass is 9.82. The van der Waals surface area contributed by atoms with Gasteiger partial charge in [-0.15, -0.1) is 0 Å². The zero-order valence-corrected chi connectivity index (χ0v) is 13.4. The van der Waals surface area contributed by atoms with E-state index in [4.69, 9.17) is 10.2 Å². The van der Waals surface area contributed by atoms with Gasteiger partial charge in [0.1, 0.15) is 13.1 Å². The second kappa shape index (κ2) is 6.67. The maximum Gasteiger partial charge on any atom is 0.322 e. The molecule has 8 heteroatoms. The van der Waals surface area contributed by atoms with E-state index in [1.165, 1.54) is 24.3 Å². The van der Waals surface area contributed by atoms with Crippen LogP contribution in [0.5, 0.6) is 0 Å². The van der Waals surface area contributed by atoms with Crippen molar-refractivity contribution in [2.75, 3.05) is 23.7 Å². The van der Waals surface area contributed by atoms with Crippen molar-refractivity contribution < 1.29 is 29.4 Å². The molecule has 0 heterocycles. The lowest BCUT2D eigenvalue weighted by Gasteiger charge is -2.23.